The molecule has 0 atom stereocenters. The summed E-state index contributed by atoms with van der Waals surface area (Å²) in [7, 11) is 0. The molecule has 0 aliphatic heterocycles. The Morgan fingerprint density at radius 1 is 1.08 bits per heavy atom. The van der Waals surface area contributed by atoms with E-state index in [1.165, 1.54) is 16.8 Å². The summed E-state index contributed by atoms with van der Waals surface area (Å²) >= 11 is 0. The summed E-state index contributed by atoms with van der Waals surface area (Å²) in [6, 6.07) is 10.8. The van der Waals surface area contributed by atoms with Gasteiger partial charge in [-0.05, 0) is 37.1 Å². The molecule has 1 aromatic carbocycles. The number of hydrogen-bond acceptors (Lipinski definition) is 4. The molecule has 7 nitrogen and oxygen atoms in total. The zero-order valence-electron chi connectivity index (χ0n) is 14.4. The molecule has 7 heteroatoms. The Labute approximate surface area is 149 Å². The molecule has 0 spiro atoms. The highest BCUT2D eigenvalue weighted by Crippen LogP contribution is 2.18. The van der Waals surface area contributed by atoms with Crippen LogP contribution in [0.15, 0.2) is 53.6 Å². The van der Waals surface area contributed by atoms with Crippen molar-refractivity contribution < 1.29 is 9.59 Å². The van der Waals surface area contributed by atoms with E-state index in [0.29, 0.717) is 5.65 Å². The van der Waals surface area contributed by atoms with Crippen LogP contribution in [0.4, 0.5) is 5.69 Å². The van der Waals surface area contributed by atoms with Crippen LogP contribution in [0.1, 0.15) is 21.5 Å². The summed E-state index contributed by atoms with van der Waals surface area (Å²) in [5, 5.41) is 5.24. The lowest BCUT2D eigenvalue weighted by molar-refractivity contribution is -0.115. The topological polar surface area (TPSA) is 92.6 Å². The van der Waals surface area contributed by atoms with Gasteiger partial charge in [-0.1, -0.05) is 24.3 Å². The van der Waals surface area contributed by atoms with E-state index in [1.54, 1.807) is 18.2 Å². The zero-order chi connectivity index (χ0) is 18.7. The van der Waals surface area contributed by atoms with Crippen LogP contribution in [-0.4, -0.2) is 27.7 Å². The molecule has 3 rings (SSSR count). The molecular formula is C19H18N4O3. The number of aromatic nitrogens is 2. The molecule has 2 heterocycles. The van der Waals surface area contributed by atoms with Crippen LogP contribution < -0.4 is 16.2 Å². The van der Waals surface area contributed by atoms with Gasteiger partial charge in [0.25, 0.3) is 11.5 Å². The fourth-order valence-electron chi connectivity index (χ4n) is 2.63. The number of pyridine rings is 1. The lowest BCUT2D eigenvalue weighted by atomic mass is 10.1. The molecular weight excluding hydrogens is 332 g/mol. The summed E-state index contributed by atoms with van der Waals surface area (Å²) in [5.41, 5.74) is 2.43. The molecule has 0 aliphatic rings. The van der Waals surface area contributed by atoms with Gasteiger partial charge in [0.2, 0.25) is 5.91 Å². The van der Waals surface area contributed by atoms with Gasteiger partial charge in [0.05, 0.1) is 6.54 Å². The fourth-order valence-corrected chi connectivity index (χ4v) is 2.63. The van der Waals surface area contributed by atoms with Gasteiger partial charge in [-0.25, -0.2) is 4.98 Å². The van der Waals surface area contributed by atoms with Crippen molar-refractivity contribution in [1.29, 1.82) is 0 Å². The van der Waals surface area contributed by atoms with Crippen LogP contribution in [0, 0.1) is 13.8 Å². The van der Waals surface area contributed by atoms with Crippen molar-refractivity contribution >= 4 is 23.1 Å². The van der Waals surface area contributed by atoms with Crippen LogP contribution >= 0.6 is 0 Å². The highest BCUT2D eigenvalue weighted by atomic mass is 16.2. The van der Waals surface area contributed by atoms with Crippen molar-refractivity contribution in [2.45, 2.75) is 13.8 Å². The number of amides is 2. The second-order valence-electron chi connectivity index (χ2n) is 5.90. The summed E-state index contributed by atoms with van der Waals surface area (Å²) in [6.45, 7) is 3.54. The maximum Gasteiger partial charge on any atom is 0.270 e. The monoisotopic (exact) mass is 350 g/mol. The number of nitrogens with one attached hydrogen (secondary N) is 2. The van der Waals surface area contributed by atoms with Crippen molar-refractivity contribution in [3.8, 4) is 0 Å². The van der Waals surface area contributed by atoms with Gasteiger partial charge in [-0.2, -0.15) is 0 Å². The molecule has 0 radical (unpaired) electrons. The number of carbonyl (C=O) groups is 2. The third kappa shape index (κ3) is 3.46. The number of nitrogens with zero attached hydrogens (tertiary/aromatic N) is 2. The second kappa shape index (κ2) is 7.18. The van der Waals surface area contributed by atoms with Crippen molar-refractivity contribution in [3.05, 3.63) is 75.8 Å². The summed E-state index contributed by atoms with van der Waals surface area (Å²) in [5.74, 6) is -1.01. The van der Waals surface area contributed by atoms with E-state index in [9.17, 15) is 14.4 Å². The molecule has 3 aromatic rings. The molecule has 0 saturated carbocycles. The van der Waals surface area contributed by atoms with E-state index >= 15 is 0 Å². The first kappa shape index (κ1) is 17.3. The number of carbonyl (C=O) groups excluding carboxylic acids is 2. The Kier molecular flexibility index (Phi) is 4.79. The Balaban J connectivity index is 1.70. The molecule has 0 fully saturated rings. The Morgan fingerprint density at radius 2 is 1.81 bits per heavy atom. The minimum Gasteiger partial charge on any atom is -0.343 e. The molecule has 2 N–H and O–H groups in total. The van der Waals surface area contributed by atoms with Gasteiger partial charge in [0, 0.05) is 18.1 Å². The van der Waals surface area contributed by atoms with Gasteiger partial charge in [-0.3, -0.25) is 18.8 Å². The lowest BCUT2D eigenvalue weighted by Crippen LogP contribution is -2.36. The van der Waals surface area contributed by atoms with Crippen LogP contribution in [0.5, 0.6) is 0 Å². The average molecular weight is 350 g/mol. The molecule has 132 valence electrons. The second-order valence-corrected chi connectivity index (χ2v) is 5.90. The Morgan fingerprint density at radius 3 is 2.54 bits per heavy atom. The SMILES string of the molecule is Cc1cccc(C)c1NC(=O)CNC(=O)c1cnc2ccccn2c1=O. The maximum absolute atomic E-state index is 12.4. The van der Waals surface area contributed by atoms with Crippen molar-refractivity contribution in [2.75, 3.05) is 11.9 Å². The molecule has 0 bridgehead atoms. The van der Waals surface area contributed by atoms with E-state index in [2.05, 4.69) is 15.6 Å². The fraction of sp³-hybridized carbons (Fsp3) is 0.158. The maximum atomic E-state index is 12.4. The third-order valence-corrected chi connectivity index (χ3v) is 4.01. The van der Waals surface area contributed by atoms with Crippen molar-refractivity contribution in [2.24, 2.45) is 0 Å². The summed E-state index contributed by atoms with van der Waals surface area (Å²) in [4.78, 5) is 40.8. The molecule has 2 amide bonds. The van der Waals surface area contributed by atoms with E-state index in [1.807, 2.05) is 32.0 Å². The lowest BCUT2D eigenvalue weighted by Gasteiger charge is -2.12. The Bertz CT molecular complexity index is 1040. The van der Waals surface area contributed by atoms with Gasteiger partial charge in [0.15, 0.2) is 0 Å². The van der Waals surface area contributed by atoms with Gasteiger partial charge < -0.3 is 10.6 Å². The quantitative estimate of drug-likeness (QED) is 0.749. The number of hydrogen-bond donors (Lipinski definition) is 2. The van der Waals surface area contributed by atoms with Crippen LogP contribution in [0.25, 0.3) is 5.65 Å². The number of benzene rings is 1. The van der Waals surface area contributed by atoms with Crippen molar-refractivity contribution in [3.63, 3.8) is 0 Å². The number of anilines is 1. The zero-order valence-corrected chi connectivity index (χ0v) is 14.4. The average Bonchev–Trinajstić information content (AvgIpc) is 2.63. The number of para-hydroxylation sites is 1. The molecule has 26 heavy (non-hydrogen) atoms. The standard InChI is InChI=1S/C19H18N4O3/c1-12-6-5-7-13(2)17(12)22-16(24)11-21-18(25)14-10-20-15-8-3-4-9-23(15)19(14)26/h3-10H,11H2,1-2H3,(H,21,25)(H,22,24). The number of fused-ring (bicyclic) bond motifs is 1. The van der Waals surface area contributed by atoms with Crippen LogP contribution in [0.3, 0.4) is 0 Å². The summed E-state index contributed by atoms with van der Waals surface area (Å²) in [6.07, 6.45) is 2.76. The van der Waals surface area contributed by atoms with E-state index < -0.39 is 11.5 Å². The van der Waals surface area contributed by atoms with E-state index in [4.69, 9.17) is 0 Å². The van der Waals surface area contributed by atoms with Gasteiger partial charge in [-0.15, -0.1) is 0 Å². The first-order chi connectivity index (χ1) is 12.5. The largest absolute Gasteiger partial charge is 0.343 e. The normalized spacial score (nSPS) is 10.5. The first-order valence-corrected chi connectivity index (χ1v) is 8.08. The molecule has 2 aromatic heterocycles. The van der Waals surface area contributed by atoms with E-state index in [-0.39, 0.29) is 18.0 Å². The first-order valence-electron chi connectivity index (χ1n) is 8.08. The highest BCUT2D eigenvalue weighted by molar-refractivity contribution is 5.99. The Hall–Kier alpha value is -3.48. The smallest absolute Gasteiger partial charge is 0.270 e. The van der Waals surface area contributed by atoms with Crippen LogP contribution in [-0.2, 0) is 4.79 Å². The van der Waals surface area contributed by atoms with Gasteiger partial charge >= 0.3 is 0 Å². The van der Waals surface area contributed by atoms with Gasteiger partial charge in [0.1, 0.15) is 11.2 Å². The van der Waals surface area contributed by atoms with Crippen LogP contribution in [0.2, 0.25) is 0 Å². The number of aryl methyl sites for hydroxylation is 2. The number of rotatable bonds is 4. The minimum atomic E-state index is -0.641. The third-order valence-electron chi connectivity index (χ3n) is 4.01. The van der Waals surface area contributed by atoms with Crippen molar-refractivity contribution in [1.82, 2.24) is 14.7 Å². The highest BCUT2D eigenvalue weighted by Gasteiger charge is 2.15. The minimum absolute atomic E-state index is 0.117. The predicted molar refractivity (Wildman–Crippen MR) is 98.3 cm³/mol. The molecule has 0 aliphatic carbocycles. The predicted octanol–water partition coefficient (Wildman–Crippen LogP) is 1.68. The molecule has 0 saturated heterocycles. The summed E-state index contributed by atoms with van der Waals surface area (Å²) < 4.78 is 1.28. The molecule has 0 unspecified atom stereocenters. The van der Waals surface area contributed by atoms with E-state index in [0.717, 1.165) is 16.8 Å².